The van der Waals surface area contributed by atoms with E-state index in [1.807, 2.05) is 6.07 Å². The van der Waals surface area contributed by atoms with Crippen molar-refractivity contribution in [3.05, 3.63) is 83.1 Å². The topological polar surface area (TPSA) is 140 Å². The predicted octanol–water partition coefficient (Wildman–Crippen LogP) is 2.30. The zero-order chi connectivity index (χ0) is 21.8. The highest BCUT2D eigenvalue weighted by Crippen LogP contribution is 2.18. The van der Waals surface area contributed by atoms with Gasteiger partial charge in [-0.25, -0.2) is 4.98 Å². The van der Waals surface area contributed by atoms with E-state index in [2.05, 4.69) is 20.5 Å². The van der Waals surface area contributed by atoms with Crippen LogP contribution in [0.5, 0.6) is 0 Å². The number of aliphatic carboxylic acids is 1. The van der Waals surface area contributed by atoms with Crippen LogP contribution in [0.2, 0.25) is 0 Å². The van der Waals surface area contributed by atoms with E-state index in [-0.39, 0.29) is 23.3 Å². The molecule has 4 aromatic rings. The lowest BCUT2D eigenvalue weighted by Crippen LogP contribution is -2.30. The Labute approximate surface area is 174 Å². The molecule has 0 aliphatic heterocycles. The molecule has 0 saturated heterocycles. The molecule has 2 N–H and O–H groups in total. The third-order valence-electron chi connectivity index (χ3n) is 4.26. The van der Waals surface area contributed by atoms with Crippen LogP contribution in [-0.4, -0.2) is 36.7 Å². The maximum absolute atomic E-state index is 12.9. The first-order chi connectivity index (χ1) is 15.0. The predicted molar refractivity (Wildman–Crippen MR) is 109 cm³/mol. The van der Waals surface area contributed by atoms with Gasteiger partial charge in [0, 0.05) is 11.1 Å². The van der Waals surface area contributed by atoms with Crippen LogP contribution in [0.4, 0.5) is 5.69 Å². The van der Waals surface area contributed by atoms with Gasteiger partial charge < -0.3 is 14.8 Å². The van der Waals surface area contributed by atoms with Crippen molar-refractivity contribution in [2.45, 2.75) is 6.54 Å². The molecule has 0 unspecified atom stereocenters. The summed E-state index contributed by atoms with van der Waals surface area (Å²) in [7, 11) is 0. The zero-order valence-corrected chi connectivity index (χ0v) is 15.9. The third kappa shape index (κ3) is 4.22. The molecule has 0 aliphatic carbocycles. The third-order valence-corrected chi connectivity index (χ3v) is 4.26. The monoisotopic (exact) mass is 417 g/mol. The Kier molecular flexibility index (Phi) is 5.35. The van der Waals surface area contributed by atoms with Crippen LogP contribution in [0.3, 0.4) is 0 Å². The number of benzene rings is 2. The molecule has 2 heterocycles. The van der Waals surface area contributed by atoms with Gasteiger partial charge in [0.25, 0.3) is 5.56 Å². The first kappa shape index (κ1) is 19.7. The van der Waals surface area contributed by atoms with Gasteiger partial charge in [-0.05, 0) is 12.1 Å². The molecule has 2 aromatic carbocycles. The molecule has 10 heteroatoms. The lowest BCUT2D eigenvalue weighted by atomic mass is 10.2. The molecule has 0 radical (unpaired) electrons. The van der Waals surface area contributed by atoms with Gasteiger partial charge in [0.15, 0.2) is 0 Å². The van der Waals surface area contributed by atoms with E-state index in [0.29, 0.717) is 11.1 Å². The van der Waals surface area contributed by atoms with E-state index < -0.39 is 24.0 Å². The van der Waals surface area contributed by atoms with Gasteiger partial charge in [-0.1, -0.05) is 48.5 Å². The Balaban J connectivity index is 1.64. The number of nitrogens with one attached hydrogen (secondary N) is 1. The minimum absolute atomic E-state index is 0.145. The number of rotatable bonds is 6. The number of hydrogen-bond donors (Lipinski definition) is 2. The second-order valence-electron chi connectivity index (χ2n) is 6.38. The van der Waals surface area contributed by atoms with Gasteiger partial charge in [0.05, 0.1) is 6.20 Å². The SMILES string of the molecule is O=C(O)Cn1c(-c2ccccc2)ncc(NC(=O)c2nnc(-c3ccccc3)o2)c1=O. The van der Waals surface area contributed by atoms with E-state index in [1.165, 1.54) is 0 Å². The number of carboxylic acid groups (broad SMARTS) is 1. The standard InChI is InChI=1S/C21H15N5O5/c27-16(28)12-26-17(13-7-3-1-4-8-13)22-11-15(21(26)30)23-18(29)20-25-24-19(31-20)14-9-5-2-6-10-14/h1-11H,12H2,(H,23,29)(H,27,28). The van der Waals surface area contributed by atoms with Gasteiger partial charge >= 0.3 is 17.8 Å². The fourth-order valence-corrected chi connectivity index (χ4v) is 2.87. The minimum atomic E-state index is -1.23. The molecule has 0 fully saturated rings. The molecule has 154 valence electrons. The van der Waals surface area contributed by atoms with Gasteiger partial charge in [-0.2, -0.15) is 0 Å². The summed E-state index contributed by atoms with van der Waals surface area (Å²) < 4.78 is 6.34. The van der Waals surface area contributed by atoms with Crippen molar-refractivity contribution in [2.24, 2.45) is 0 Å². The maximum Gasteiger partial charge on any atom is 0.323 e. The van der Waals surface area contributed by atoms with Crippen molar-refractivity contribution in [3.8, 4) is 22.8 Å². The van der Waals surface area contributed by atoms with Crippen molar-refractivity contribution in [3.63, 3.8) is 0 Å². The molecule has 2 aromatic heterocycles. The normalized spacial score (nSPS) is 10.6. The summed E-state index contributed by atoms with van der Waals surface area (Å²) in [6.45, 7) is -0.627. The smallest absolute Gasteiger partial charge is 0.323 e. The Morgan fingerprint density at radius 1 is 0.968 bits per heavy atom. The summed E-state index contributed by atoms with van der Waals surface area (Å²) in [5.74, 6) is -2.09. The Hall–Kier alpha value is -4.60. The zero-order valence-electron chi connectivity index (χ0n) is 15.9. The summed E-state index contributed by atoms with van der Waals surface area (Å²) in [5, 5.41) is 19.1. The number of carboxylic acids is 1. The molecule has 0 atom stereocenters. The van der Waals surface area contributed by atoms with Crippen molar-refractivity contribution < 1.29 is 19.1 Å². The Morgan fingerprint density at radius 2 is 1.61 bits per heavy atom. The van der Waals surface area contributed by atoms with Crippen LogP contribution in [0.25, 0.3) is 22.8 Å². The van der Waals surface area contributed by atoms with Crippen LogP contribution in [-0.2, 0) is 11.3 Å². The lowest BCUT2D eigenvalue weighted by molar-refractivity contribution is -0.137. The highest BCUT2D eigenvalue weighted by molar-refractivity contribution is 6.00. The van der Waals surface area contributed by atoms with Gasteiger partial charge in [-0.15, -0.1) is 10.2 Å². The maximum atomic E-state index is 12.9. The second-order valence-corrected chi connectivity index (χ2v) is 6.38. The summed E-state index contributed by atoms with van der Waals surface area (Å²) in [4.78, 5) is 40.8. The largest absolute Gasteiger partial charge is 0.480 e. The Morgan fingerprint density at radius 3 is 2.26 bits per heavy atom. The molecule has 10 nitrogen and oxygen atoms in total. The first-order valence-corrected chi connectivity index (χ1v) is 9.10. The molecule has 0 spiro atoms. The van der Waals surface area contributed by atoms with Crippen molar-refractivity contribution >= 4 is 17.6 Å². The summed E-state index contributed by atoms with van der Waals surface area (Å²) in [6, 6.07) is 17.5. The molecular weight excluding hydrogens is 402 g/mol. The number of anilines is 1. The fraction of sp³-hybridized carbons (Fsp3) is 0.0476. The minimum Gasteiger partial charge on any atom is -0.480 e. The fourth-order valence-electron chi connectivity index (χ4n) is 2.87. The molecule has 31 heavy (non-hydrogen) atoms. The van der Waals surface area contributed by atoms with Crippen molar-refractivity contribution in [2.75, 3.05) is 5.32 Å². The molecular formula is C21H15N5O5. The number of hydrogen-bond acceptors (Lipinski definition) is 7. The molecule has 4 rings (SSSR count). The van der Waals surface area contributed by atoms with Gasteiger partial charge in [-0.3, -0.25) is 19.0 Å². The summed E-state index contributed by atoms with van der Waals surface area (Å²) in [6.07, 6.45) is 1.16. The Bertz CT molecular complexity index is 1300. The first-order valence-electron chi connectivity index (χ1n) is 9.10. The molecule has 1 amide bonds. The number of amides is 1. The lowest BCUT2D eigenvalue weighted by Gasteiger charge is -2.12. The molecule has 0 saturated carbocycles. The average molecular weight is 417 g/mol. The molecule has 0 aliphatic rings. The summed E-state index contributed by atoms with van der Waals surface area (Å²) in [5.41, 5.74) is 0.243. The molecule has 0 bridgehead atoms. The van der Waals surface area contributed by atoms with Crippen molar-refractivity contribution in [1.29, 1.82) is 0 Å². The quantitative estimate of drug-likeness (QED) is 0.487. The van der Waals surface area contributed by atoms with Gasteiger partial charge in [0.2, 0.25) is 5.89 Å². The number of aromatic nitrogens is 4. The van der Waals surface area contributed by atoms with Gasteiger partial charge in [0.1, 0.15) is 18.1 Å². The highest BCUT2D eigenvalue weighted by atomic mass is 16.4. The number of carbonyl (C=O) groups is 2. The van der Waals surface area contributed by atoms with Crippen molar-refractivity contribution in [1.82, 2.24) is 19.7 Å². The average Bonchev–Trinajstić information content (AvgIpc) is 3.28. The number of nitrogens with zero attached hydrogens (tertiary/aromatic N) is 4. The van der Waals surface area contributed by atoms with E-state index in [9.17, 15) is 19.5 Å². The second kappa shape index (κ2) is 8.41. The highest BCUT2D eigenvalue weighted by Gasteiger charge is 2.20. The van der Waals surface area contributed by atoms with Crippen LogP contribution >= 0.6 is 0 Å². The van der Waals surface area contributed by atoms with E-state index in [4.69, 9.17) is 4.42 Å². The van der Waals surface area contributed by atoms with E-state index >= 15 is 0 Å². The van der Waals surface area contributed by atoms with E-state index in [1.54, 1.807) is 54.6 Å². The van der Waals surface area contributed by atoms with Crippen LogP contribution < -0.4 is 10.9 Å². The summed E-state index contributed by atoms with van der Waals surface area (Å²) >= 11 is 0. The van der Waals surface area contributed by atoms with Crippen LogP contribution in [0, 0.1) is 0 Å². The number of carbonyl (C=O) groups excluding carboxylic acids is 1. The van der Waals surface area contributed by atoms with E-state index in [0.717, 1.165) is 10.8 Å². The van der Waals surface area contributed by atoms with Crippen LogP contribution in [0.15, 0.2) is 76.1 Å². The van der Waals surface area contributed by atoms with Crippen LogP contribution in [0.1, 0.15) is 10.7 Å².